The highest BCUT2D eigenvalue weighted by Gasteiger charge is 2.33. The van der Waals surface area contributed by atoms with E-state index in [1.165, 1.54) is 12.1 Å². The van der Waals surface area contributed by atoms with Gasteiger partial charge in [-0.25, -0.2) is 4.98 Å². The van der Waals surface area contributed by atoms with Gasteiger partial charge in [0.1, 0.15) is 17.7 Å². The largest absolute Gasteiger partial charge is 0.433 e. The lowest BCUT2D eigenvalue weighted by molar-refractivity contribution is -0.141. The summed E-state index contributed by atoms with van der Waals surface area (Å²) in [6.45, 7) is 1.65. The molecule has 3 heterocycles. The fraction of sp³-hybridized carbons (Fsp3) is 0.440. The second-order valence-corrected chi connectivity index (χ2v) is 9.30. The van der Waals surface area contributed by atoms with Crippen molar-refractivity contribution in [3.63, 3.8) is 0 Å². The van der Waals surface area contributed by atoms with Crippen LogP contribution < -0.4 is 10.2 Å². The molecular formula is C25H26F3N5O2. The van der Waals surface area contributed by atoms with E-state index in [0.717, 1.165) is 80.6 Å². The normalized spacial score (nSPS) is 20.8. The number of benzene rings is 1. The topological polar surface area (TPSA) is 80.1 Å². The highest BCUT2D eigenvalue weighted by atomic mass is 19.4. The van der Waals surface area contributed by atoms with Crippen LogP contribution in [0.15, 0.2) is 36.5 Å². The first kappa shape index (κ1) is 23.3. The van der Waals surface area contributed by atoms with Gasteiger partial charge in [0.15, 0.2) is 0 Å². The van der Waals surface area contributed by atoms with Crippen LogP contribution in [0.5, 0.6) is 0 Å². The van der Waals surface area contributed by atoms with Crippen molar-refractivity contribution < 1.29 is 22.8 Å². The van der Waals surface area contributed by atoms with E-state index in [0.29, 0.717) is 5.69 Å². The van der Waals surface area contributed by atoms with Gasteiger partial charge in [-0.2, -0.15) is 18.3 Å². The van der Waals surface area contributed by atoms with Crippen molar-refractivity contribution in [2.75, 3.05) is 23.3 Å². The number of alkyl halides is 3. The Morgan fingerprint density at radius 1 is 1.09 bits per heavy atom. The molecule has 0 spiro atoms. The van der Waals surface area contributed by atoms with Gasteiger partial charge in [0.25, 0.3) is 5.91 Å². The van der Waals surface area contributed by atoms with Crippen LogP contribution in [0.3, 0.4) is 0 Å². The number of anilines is 2. The number of nitrogens with one attached hydrogen (secondary N) is 1. The molecule has 10 heteroatoms. The Hall–Kier alpha value is -3.43. The third-order valence-corrected chi connectivity index (χ3v) is 6.91. The van der Waals surface area contributed by atoms with Crippen molar-refractivity contribution in [1.82, 2.24) is 14.8 Å². The fourth-order valence-electron chi connectivity index (χ4n) is 4.99. The van der Waals surface area contributed by atoms with E-state index in [2.05, 4.69) is 15.2 Å². The van der Waals surface area contributed by atoms with E-state index in [1.807, 2.05) is 23.0 Å². The molecule has 35 heavy (non-hydrogen) atoms. The first-order chi connectivity index (χ1) is 16.8. The van der Waals surface area contributed by atoms with Crippen LogP contribution >= 0.6 is 0 Å². The summed E-state index contributed by atoms with van der Waals surface area (Å²) in [4.78, 5) is 29.7. The predicted molar refractivity (Wildman–Crippen MR) is 125 cm³/mol. The molecule has 1 aliphatic heterocycles. The van der Waals surface area contributed by atoms with Crippen molar-refractivity contribution in [3.8, 4) is 0 Å². The summed E-state index contributed by atoms with van der Waals surface area (Å²) in [5, 5.41) is 8.41. The molecule has 0 radical (unpaired) electrons. The van der Waals surface area contributed by atoms with Gasteiger partial charge in [0, 0.05) is 30.6 Å². The van der Waals surface area contributed by atoms with Crippen LogP contribution in [0.25, 0.3) is 10.9 Å². The van der Waals surface area contributed by atoms with E-state index in [4.69, 9.17) is 5.10 Å². The molecule has 2 fully saturated rings. The minimum absolute atomic E-state index is 0.115. The van der Waals surface area contributed by atoms with Crippen molar-refractivity contribution in [3.05, 3.63) is 47.9 Å². The van der Waals surface area contributed by atoms with Crippen LogP contribution in [-0.2, 0) is 11.0 Å². The smallest absolute Gasteiger partial charge is 0.370 e. The number of nitrogens with zero attached hydrogens (tertiary/aromatic N) is 4. The van der Waals surface area contributed by atoms with Crippen molar-refractivity contribution in [1.29, 1.82) is 0 Å². The highest BCUT2D eigenvalue weighted by Crippen LogP contribution is 2.36. The van der Waals surface area contributed by atoms with Crippen LogP contribution in [-0.4, -0.2) is 40.0 Å². The molecule has 0 bridgehead atoms. The molecule has 1 aromatic carbocycles. The quantitative estimate of drug-likeness (QED) is 0.501. The molecule has 1 saturated heterocycles. The second-order valence-electron chi connectivity index (χ2n) is 9.30. The number of carbonyl (C=O) groups is 2. The lowest BCUT2D eigenvalue weighted by atomic mass is 9.87. The summed E-state index contributed by atoms with van der Waals surface area (Å²) < 4.78 is 41.2. The Morgan fingerprint density at radius 3 is 2.51 bits per heavy atom. The van der Waals surface area contributed by atoms with Crippen molar-refractivity contribution in [2.45, 2.75) is 50.7 Å². The Morgan fingerprint density at radius 2 is 1.83 bits per heavy atom. The van der Waals surface area contributed by atoms with Gasteiger partial charge in [0.05, 0.1) is 22.9 Å². The zero-order chi connectivity index (χ0) is 24.6. The third-order valence-electron chi connectivity index (χ3n) is 6.91. The van der Waals surface area contributed by atoms with Gasteiger partial charge in [-0.1, -0.05) is 6.07 Å². The number of hydrogen-bond donors (Lipinski definition) is 1. The van der Waals surface area contributed by atoms with Gasteiger partial charge in [-0.05, 0) is 62.8 Å². The number of rotatable bonds is 5. The maximum atomic E-state index is 13.1. The molecule has 1 saturated carbocycles. The zero-order valence-electron chi connectivity index (χ0n) is 19.1. The fourth-order valence-corrected chi connectivity index (χ4v) is 4.99. The van der Waals surface area contributed by atoms with E-state index in [9.17, 15) is 22.8 Å². The third kappa shape index (κ3) is 4.87. The number of amides is 1. The number of aldehydes is 1. The van der Waals surface area contributed by atoms with Gasteiger partial charge in [-0.15, -0.1) is 0 Å². The summed E-state index contributed by atoms with van der Waals surface area (Å²) >= 11 is 0. The standard InChI is InChI=1S/C25H26F3N5O2/c26-25(27,28)23-5-3-4-19(29-23)24(35)30-21-12-17-14-33(18-8-6-16(15-34)7-9-18)31-20(17)13-22(21)32-10-1-2-11-32/h3-5,12-16,18H,1-2,6-11H2,(H,30,35)/t16-,18-. The molecule has 0 atom stereocenters. The monoisotopic (exact) mass is 485 g/mol. The Balaban J connectivity index is 1.46. The molecule has 7 nitrogen and oxygen atoms in total. The molecule has 2 aliphatic rings. The van der Waals surface area contributed by atoms with Gasteiger partial charge < -0.3 is 15.0 Å². The molecule has 5 rings (SSSR count). The van der Waals surface area contributed by atoms with Crippen LogP contribution in [0, 0.1) is 5.92 Å². The number of pyridine rings is 1. The lowest BCUT2D eigenvalue weighted by Gasteiger charge is -2.25. The number of carbonyl (C=O) groups excluding carboxylic acids is 2. The molecule has 0 unspecified atom stereocenters. The summed E-state index contributed by atoms with van der Waals surface area (Å²) in [5.74, 6) is -0.584. The number of hydrogen-bond acceptors (Lipinski definition) is 5. The molecule has 2 aromatic heterocycles. The minimum atomic E-state index is -4.63. The Bertz CT molecular complexity index is 1240. The van der Waals surface area contributed by atoms with E-state index in [1.54, 1.807) is 0 Å². The van der Waals surface area contributed by atoms with Gasteiger partial charge in [-0.3, -0.25) is 9.48 Å². The minimum Gasteiger partial charge on any atom is -0.370 e. The first-order valence-corrected chi connectivity index (χ1v) is 11.9. The van der Waals surface area contributed by atoms with E-state index >= 15 is 0 Å². The number of halogens is 3. The SMILES string of the molecule is O=C[C@H]1CC[C@H](n2cc3cc(NC(=O)c4cccc(C(F)(F)F)n4)c(N4CCCC4)cc3n2)CC1. The van der Waals surface area contributed by atoms with Crippen LogP contribution in [0.4, 0.5) is 24.5 Å². The Kier molecular flexibility index (Phi) is 6.21. The maximum absolute atomic E-state index is 13.1. The number of fused-ring (bicyclic) bond motifs is 1. The molecule has 1 amide bonds. The average molecular weight is 486 g/mol. The Labute approximate surface area is 200 Å². The van der Waals surface area contributed by atoms with Crippen LogP contribution in [0.2, 0.25) is 0 Å². The maximum Gasteiger partial charge on any atom is 0.433 e. The summed E-state index contributed by atoms with van der Waals surface area (Å²) in [6.07, 6.45) is 3.82. The predicted octanol–water partition coefficient (Wildman–Crippen LogP) is 5.23. The summed E-state index contributed by atoms with van der Waals surface area (Å²) in [7, 11) is 0. The van der Waals surface area contributed by atoms with Crippen LogP contribution in [0.1, 0.15) is 60.7 Å². The average Bonchev–Trinajstić information content (AvgIpc) is 3.53. The molecule has 1 N–H and O–H groups in total. The second kappa shape index (κ2) is 9.31. The van der Waals surface area contributed by atoms with Crippen molar-refractivity contribution >= 4 is 34.5 Å². The summed E-state index contributed by atoms with van der Waals surface area (Å²) in [5.41, 5.74) is 0.707. The highest BCUT2D eigenvalue weighted by molar-refractivity contribution is 6.06. The molecule has 184 valence electrons. The van der Waals surface area contributed by atoms with E-state index in [-0.39, 0.29) is 17.7 Å². The lowest BCUT2D eigenvalue weighted by Crippen LogP contribution is -2.22. The van der Waals surface area contributed by atoms with E-state index < -0.39 is 17.8 Å². The van der Waals surface area contributed by atoms with Gasteiger partial charge in [0.2, 0.25) is 0 Å². The van der Waals surface area contributed by atoms with Crippen molar-refractivity contribution in [2.24, 2.45) is 5.92 Å². The molecular weight excluding hydrogens is 459 g/mol. The zero-order valence-corrected chi connectivity index (χ0v) is 19.1. The molecule has 1 aliphatic carbocycles. The first-order valence-electron chi connectivity index (χ1n) is 11.9. The number of aromatic nitrogens is 3. The summed E-state index contributed by atoms with van der Waals surface area (Å²) in [6, 6.07) is 7.26. The molecule has 3 aromatic rings. The van der Waals surface area contributed by atoms with Gasteiger partial charge >= 0.3 is 6.18 Å².